The van der Waals surface area contributed by atoms with Gasteiger partial charge < -0.3 is 9.47 Å². The van der Waals surface area contributed by atoms with Crippen molar-refractivity contribution in [1.29, 1.82) is 0 Å². The molecule has 2 nitrogen and oxygen atoms in total. The molecule has 0 radical (unpaired) electrons. The third kappa shape index (κ3) is 8.80. The summed E-state index contributed by atoms with van der Waals surface area (Å²) in [5.41, 5.74) is 1.20. The molecule has 0 aliphatic carbocycles. The van der Waals surface area contributed by atoms with Crippen LogP contribution in [-0.2, 0) is 11.3 Å². The summed E-state index contributed by atoms with van der Waals surface area (Å²) < 4.78 is 11.0. The summed E-state index contributed by atoms with van der Waals surface area (Å²) in [7, 11) is 1.69. The highest BCUT2D eigenvalue weighted by Gasteiger charge is 2.11. The number of hydrogen-bond donors (Lipinski definition) is 0. The summed E-state index contributed by atoms with van der Waals surface area (Å²) in [5.74, 6) is 2.91. The van der Waals surface area contributed by atoms with E-state index in [1.807, 2.05) is 12.1 Å². The Morgan fingerprint density at radius 3 is 2.30 bits per heavy atom. The van der Waals surface area contributed by atoms with Crippen LogP contribution in [-0.4, -0.2) is 13.7 Å². The molecule has 0 aliphatic rings. The lowest BCUT2D eigenvalue weighted by Gasteiger charge is -2.19. The second-order valence-corrected chi connectivity index (χ2v) is 6.86. The summed E-state index contributed by atoms with van der Waals surface area (Å²) in [4.78, 5) is 0. The zero-order valence-electron chi connectivity index (χ0n) is 15.5. The number of ether oxygens (including phenoxy) is 2. The number of allylic oxidation sites excluding steroid dienone is 2. The predicted molar refractivity (Wildman–Crippen MR) is 98.8 cm³/mol. The van der Waals surface area contributed by atoms with Gasteiger partial charge >= 0.3 is 0 Å². The smallest absolute Gasteiger partial charge is 0.118 e. The van der Waals surface area contributed by atoms with Gasteiger partial charge in [-0.2, -0.15) is 0 Å². The normalized spacial score (nSPS) is 15.5. The third-order valence-corrected chi connectivity index (χ3v) is 4.11. The van der Waals surface area contributed by atoms with Gasteiger partial charge in [-0.1, -0.05) is 52.0 Å². The van der Waals surface area contributed by atoms with E-state index in [9.17, 15) is 0 Å². The van der Waals surface area contributed by atoms with Gasteiger partial charge in [0, 0.05) is 6.61 Å². The minimum atomic E-state index is 0.602. The van der Waals surface area contributed by atoms with E-state index in [2.05, 4.69) is 52.0 Å². The lowest BCUT2D eigenvalue weighted by Crippen LogP contribution is -2.12. The van der Waals surface area contributed by atoms with Crippen LogP contribution in [0, 0.1) is 17.8 Å². The van der Waals surface area contributed by atoms with Crippen molar-refractivity contribution in [3.63, 3.8) is 0 Å². The fraction of sp³-hybridized carbons (Fsp3) is 0.619. The van der Waals surface area contributed by atoms with Crippen LogP contribution in [0.4, 0.5) is 0 Å². The summed E-state index contributed by atoms with van der Waals surface area (Å²) in [5, 5.41) is 0. The van der Waals surface area contributed by atoms with E-state index in [1.54, 1.807) is 7.11 Å². The molecular formula is C21H34O2. The Kier molecular flexibility index (Phi) is 9.70. The highest BCUT2D eigenvalue weighted by atomic mass is 16.5. The first-order chi connectivity index (χ1) is 11.0. The quantitative estimate of drug-likeness (QED) is 0.475. The van der Waals surface area contributed by atoms with Crippen LogP contribution in [0.5, 0.6) is 5.75 Å². The first-order valence-electron chi connectivity index (χ1n) is 8.92. The molecule has 0 heterocycles. The van der Waals surface area contributed by atoms with E-state index in [0.29, 0.717) is 18.4 Å². The molecule has 0 saturated heterocycles. The monoisotopic (exact) mass is 318 g/mol. The minimum Gasteiger partial charge on any atom is -0.497 e. The molecule has 23 heavy (non-hydrogen) atoms. The molecular weight excluding hydrogens is 284 g/mol. The zero-order valence-corrected chi connectivity index (χ0v) is 15.5. The molecule has 0 aromatic heterocycles. The molecule has 0 fully saturated rings. The maximum Gasteiger partial charge on any atom is 0.118 e. The van der Waals surface area contributed by atoms with Crippen molar-refractivity contribution >= 4 is 0 Å². The van der Waals surface area contributed by atoms with Gasteiger partial charge in [0.25, 0.3) is 0 Å². The van der Waals surface area contributed by atoms with Gasteiger partial charge in [-0.3, -0.25) is 0 Å². The second kappa shape index (κ2) is 11.3. The van der Waals surface area contributed by atoms with Crippen LogP contribution in [0.3, 0.4) is 0 Å². The first kappa shape index (κ1) is 19.8. The summed E-state index contributed by atoms with van der Waals surface area (Å²) in [6, 6.07) is 8.09. The van der Waals surface area contributed by atoms with Gasteiger partial charge in [0.05, 0.1) is 13.7 Å². The van der Waals surface area contributed by atoms with Crippen molar-refractivity contribution in [1.82, 2.24) is 0 Å². The second-order valence-electron chi connectivity index (χ2n) is 6.86. The van der Waals surface area contributed by atoms with Crippen LogP contribution in [0.25, 0.3) is 0 Å². The van der Waals surface area contributed by atoms with Crippen molar-refractivity contribution < 1.29 is 9.47 Å². The largest absolute Gasteiger partial charge is 0.497 e. The van der Waals surface area contributed by atoms with Gasteiger partial charge in [-0.05, 0) is 54.7 Å². The maximum absolute atomic E-state index is 5.87. The average Bonchev–Trinajstić information content (AvgIpc) is 2.53. The van der Waals surface area contributed by atoms with Crippen molar-refractivity contribution in [3.05, 3.63) is 42.0 Å². The fourth-order valence-electron chi connectivity index (χ4n) is 3.03. The summed E-state index contributed by atoms with van der Waals surface area (Å²) in [6.07, 6.45) is 8.25. The molecule has 0 unspecified atom stereocenters. The number of rotatable bonds is 11. The molecule has 0 amide bonds. The number of hydrogen-bond acceptors (Lipinski definition) is 2. The first-order valence-corrected chi connectivity index (χ1v) is 8.92. The molecule has 0 aliphatic heterocycles. The lowest BCUT2D eigenvalue weighted by molar-refractivity contribution is 0.0838. The molecule has 3 atom stereocenters. The molecule has 2 heteroatoms. The Hall–Kier alpha value is -1.28. The van der Waals surface area contributed by atoms with Crippen LogP contribution in [0.1, 0.15) is 52.5 Å². The van der Waals surface area contributed by atoms with E-state index in [-0.39, 0.29) is 0 Å². The average molecular weight is 319 g/mol. The number of methoxy groups -OCH3 is 1. The van der Waals surface area contributed by atoms with Crippen LogP contribution in [0.2, 0.25) is 0 Å². The van der Waals surface area contributed by atoms with Crippen molar-refractivity contribution in [3.8, 4) is 5.75 Å². The van der Waals surface area contributed by atoms with E-state index in [4.69, 9.17) is 9.47 Å². The molecule has 1 rings (SSSR count). The van der Waals surface area contributed by atoms with Crippen LogP contribution < -0.4 is 4.74 Å². The fourth-order valence-corrected chi connectivity index (χ4v) is 3.03. The van der Waals surface area contributed by atoms with Gasteiger partial charge in [-0.25, -0.2) is 0 Å². The zero-order chi connectivity index (χ0) is 17.1. The van der Waals surface area contributed by atoms with Crippen molar-refractivity contribution in [2.75, 3.05) is 13.7 Å². The number of benzene rings is 1. The molecule has 0 N–H and O–H groups in total. The Balaban J connectivity index is 2.22. The van der Waals surface area contributed by atoms with E-state index in [0.717, 1.165) is 24.7 Å². The Morgan fingerprint density at radius 1 is 1.00 bits per heavy atom. The molecule has 0 bridgehead atoms. The third-order valence-electron chi connectivity index (χ3n) is 4.11. The SMILES string of the molecule is CC/C=C/[C@@H](C)C[C@H](C)C[C@@H](C)COCc1ccc(OC)cc1. The van der Waals surface area contributed by atoms with Gasteiger partial charge in [0.15, 0.2) is 0 Å². The lowest BCUT2D eigenvalue weighted by atomic mass is 9.89. The van der Waals surface area contributed by atoms with E-state index >= 15 is 0 Å². The molecule has 1 aromatic carbocycles. The maximum atomic E-state index is 5.87. The highest BCUT2D eigenvalue weighted by molar-refractivity contribution is 5.26. The topological polar surface area (TPSA) is 18.5 Å². The van der Waals surface area contributed by atoms with Crippen molar-refractivity contribution in [2.24, 2.45) is 17.8 Å². The van der Waals surface area contributed by atoms with Crippen molar-refractivity contribution in [2.45, 2.75) is 53.6 Å². The molecule has 0 saturated carbocycles. The Morgan fingerprint density at radius 2 is 1.70 bits per heavy atom. The Bertz CT molecular complexity index is 436. The molecule has 0 spiro atoms. The standard InChI is InChI=1S/C21H34O2/c1-6-7-8-17(2)13-18(3)14-19(4)15-23-16-20-9-11-21(22-5)12-10-20/h7-12,17-19H,6,13-16H2,1-5H3/b8-7+/t17-,18+,19-/m1/s1. The summed E-state index contributed by atoms with van der Waals surface area (Å²) in [6.45, 7) is 10.7. The van der Waals surface area contributed by atoms with E-state index < -0.39 is 0 Å². The molecule has 1 aromatic rings. The van der Waals surface area contributed by atoms with Crippen LogP contribution >= 0.6 is 0 Å². The predicted octanol–water partition coefficient (Wildman–Crippen LogP) is 5.87. The van der Waals surface area contributed by atoms with Crippen LogP contribution in [0.15, 0.2) is 36.4 Å². The summed E-state index contributed by atoms with van der Waals surface area (Å²) >= 11 is 0. The highest BCUT2D eigenvalue weighted by Crippen LogP contribution is 2.21. The van der Waals surface area contributed by atoms with Gasteiger partial charge in [0.1, 0.15) is 5.75 Å². The Labute approximate surface area is 142 Å². The minimum absolute atomic E-state index is 0.602. The molecule has 130 valence electrons. The van der Waals surface area contributed by atoms with Gasteiger partial charge in [0.2, 0.25) is 0 Å². The van der Waals surface area contributed by atoms with E-state index in [1.165, 1.54) is 18.4 Å². The van der Waals surface area contributed by atoms with Gasteiger partial charge in [-0.15, -0.1) is 0 Å².